The molecule has 3 atom stereocenters. The van der Waals surface area contributed by atoms with Gasteiger partial charge >= 0.3 is 5.97 Å². The van der Waals surface area contributed by atoms with Crippen LogP contribution in [-0.2, 0) is 4.79 Å². The lowest BCUT2D eigenvalue weighted by molar-refractivity contribution is -0.161. The van der Waals surface area contributed by atoms with E-state index in [9.17, 15) is 9.90 Å². The van der Waals surface area contributed by atoms with E-state index in [1.54, 1.807) is 0 Å². The Hall–Kier alpha value is -1.39. The number of carboxylic acid groups (broad SMARTS) is 1. The van der Waals surface area contributed by atoms with Gasteiger partial charge < -0.3 is 10.2 Å². The molecule has 0 aliphatic rings. The topological polar surface area (TPSA) is 69.6 Å². The number of hydrogen-bond donors (Lipinski definition) is 3. The fourth-order valence-corrected chi connectivity index (χ4v) is 1.68. The molecule has 0 aromatic heterocycles. The van der Waals surface area contributed by atoms with E-state index in [4.69, 9.17) is 5.11 Å². The number of nitrogens with one attached hydrogen (secondary N) is 1. The average molecular weight is 237 g/mol. The molecule has 0 heterocycles. The first kappa shape index (κ1) is 13.7. The summed E-state index contributed by atoms with van der Waals surface area (Å²) >= 11 is 0. The summed E-state index contributed by atoms with van der Waals surface area (Å²) < 4.78 is 0. The number of rotatable bonds is 5. The number of carboxylic acids is 1. The van der Waals surface area contributed by atoms with E-state index >= 15 is 0 Å². The molecule has 1 aromatic rings. The molecule has 4 nitrogen and oxygen atoms in total. The zero-order chi connectivity index (χ0) is 13.1. The number of benzene rings is 1. The fourth-order valence-electron chi connectivity index (χ4n) is 1.68. The van der Waals surface area contributed by atoms with Crippen molar-refractivity contribution in [2.45, 2.75) is 38.5 Å². The van der Waals surface area contributed by atoms with E-state index in [0.29, 0.717) is 0 Å². The van der Waals surface area contributed by atoms with Gasteiger partial charge in [-0.05, 0) is 25.3 Å². The van der Waals surface area contributed by atoms with Crippen LogP contribution in [-0.4, -0.2) is 27.9 Å². The molecule has 4 heteroatoms. The normalized spacial score (nSPS) is 18.1. The summed E-state index contributed by atoms with van der Waals surface area (Å²) in [7, 11) is 0. The van der Waals surface area contributed by atoms with E-state index in [1.165, 1.54) is 6.92 Å². The third-order valence-corrected chi connectivity index (χ3v) is 3.00. The first-order valence-corrected chi connectivity index (χ1v) is 5.63. The molecule has 1 rings (SSSR count). The van der Waals surface area contributed by atoms with Crippen molar-refractivity contribution in [3.8, 4) is 0 Å². The zero-order valence-corrected chi connectivity index (χ0v) is 10.3. The van der Waals surface area contributed by atoms with Gasteiger partial charge in [0.15, 0.2) is 0 Å². The summed E-state index contributed by atoms with van der Waals surface area (Å²) in [6, 6.07) is 9.63. The Kier molecular flexibility index (Phi) is 4.26. The molecular weight excluding hydrogens is 218 g/mol. The van der Waals surface area contributed by atoms with E-state index in [1.807, 2.05) is 44.2 Å². The molecule has 3 unspecified atom stereocenters. The predicted molar refractivity (Wildman–Crippen MR) is 65.7 cm³/mol. The minimum atomic E-state index is -1.90. The van der Waals surface area contributed by atoms with Gasteiger partial charge in [-0.3, -0.25) is 5.32 Å². The Morgan fingerprint density at radius 3 is 2.29 bits per heavy atom. The van der Waals surface area contributed by atoms with Gasteiger partial charge in [0.1, 0.15) is 0 Å². The third kappa shape index (κ3) is 3.54. The summed E-state index contributed by atoms with van der Waals surface area (Å²) in [5, 5.41) is 21.2. The molecule has 1 aromatic carbocycles. The van der Waals surface area contributed by atoms with Gasteiger partial charge in [-0.25, -0.2) is 4.79 Å². The summed E-state index contributed by atoms with van der Waals surface area (Å²) in [6.45, 7) is 5.09. The van der Waals surface area contributed by atoms with Crippen molar-refractivity contribution in [1.82, 2.24) is 5.32 Å². The molecule has 0 saturated heterocycles. The van der Waals surface area contributed by atoms with E-state index < -0.39 is 11.7 Å². The summed E-state index contributed by atoms with van der Waals surface area (Å²) in [6.07, 6.45) is 0. The third-order valence-electron chi connectivity index (χ3n) is 3.00. The molecule has 0 bridgehead atoms. The highest BCUT2D eigenvalue weighted by Gasteiger charge is 2.32. The largest absolute Gasteiger partial charge is 0.478 e. The Balaban J connectivity index is 2.72. The van der Waals surface area contributed by atoms with Crippen molar-refractivity contribution in [1.29, 1.82) is 0 Å². The summed E-state index contributed by atoms with van der Waals surface area (Å²) in [5.41, 5.74) is -0.795. The van der Waals surface area contributed by atoms with Crippen LogP contribution in [0.5, 0.6) is 0 Å². The highest BCUT2D eigenvalue weighted by molar-refractivity contribution is 5.75. The maximum Gasteiger partial charge on any atom is 0.350 e. The molecule has 0 aliphatic heterocycles. The van der Waals surface area contributed by atoms with Crippen molar-refractivity contribution in [3.05, 3.63) is 35.9 Å². The van der Waals surface area contributed by atoms with E-state index in [-0.39, 0.29) is 12.0 Å². The highest BCUT2D eigenvalue weighted by Crippen LogP contribution is 2.20. The quantitative estimate of drug-likeness (QED) is 0.680. The van der Waals surface area contributed by atoms with Crippen molar-refractivity contribution in [2.24, 2.45) is 0 Å². The average Bonchev–Trinajstić information content (AvgIpc) is 2.28. The molecule has 3 N–H and O–H groups in total. The van der Waals surface area contributed by atoms with Crippen LogP contribution < -0.4 is 5.32 Å². The minimum Gasteiger partial charge on any atom is -0.478 e. The maximum atomic E-state index is 10.8. The number of aliphatic hydroxyl groups is 1. The first-order chi connectivity index (χ1) is 7.84. The molecule has 17 heavy (non-hydrogen) atoms. The molecule has 0 fully saturated rings. The van der Waals surface area contributed by atoms with Crippen molar-refractivity contribution < 1.29 is 15.0 Å². The molecule has 0 spiro atoms. The van der Waals surface area contributed by atoms with Gasteiger partial charge in [-0.1, -0.05) is 37.3 Å². The van der Waals surface area contributed by atoms with Gasteiger partial charge in [-0.15, -0.1) is 0 Å². The SMILES string of the molecule is CC(NC(C)(O)C(=O)O)C(C)c1ccccc1. The fraction of sp³-hybridized carbons (Fsp3) is 0.462. The van der Waals surface area contributed by atoms with Crippen LogP contribution in [0.2, 0.25) is 0 Å². The lowest BCUT2D eigenvalue weighted by atomic mass is 9.93. The lowest BCUT2D eigenvalue weighted by Crippen LogP contribution is -2.54. The summed E-state index contributed by atoms with van der Waals surface area (Å²) in [5.74, 6) is -1.16. The molecule has 0 radical (unpaired) electrons. The number of hydrogen-bond acceptors (Lipinski definition) is 3. The Labute approximate surface area is 101 Å². The van der Waals surface area contributed by atoms with Gasteiger partial charge in [0.05, 0.1) is 0 Å². The molecule has 0 aliphatic carbocycles. The van der Waals surface area contributed by atoms with Crippen LogP contribution >= 0.6 is 0 Å². The second-order valence-corrected chi connectivity index (χ2v) is 4.51. The van der Waals surface area contributed by atoms with Gasteiger partial charge in [-0.2, -0.15) is 0 Å². The highest BCUT2D eigenvalue weighted by atomic mass is 16.4. The van der Waals surface area contributed by atoms with Crippen LogP contribution in [0, 0.1) is 0 Å². The first-order valence-electron chi connectivity index (χ1n) is 5.63. The second kappa shape index (κ2) is 5.29. The summed E-state index contributed by atoms with van der Waals surface area (Å²) in [4.78, 5) is 10.8. The van der Waals surface area contributed by atoms with Crippen molar-refractivity contribution in [2.75, 3.05) is 0 Å². The van der Waals surface area contributed by atoms with Crippen LogP contribution in [0.15, 0.2) is 30.3 Å². The lowest BCUT2D eigenvalue weighted by Gasteiger charge is -2.28. The van der Waals surface area contributed by atoms with E-state index in [0.717, 1.165) is 5.56 Å². The van der Waals surface area contributed by atoms with Crippen LogP contribution in [0.1, 0.15) is 32.3 Å². The second-order valence-electron chi connectivity index (χ2n) is 4.51. The smallest absolute Gasteiger partial charge is 0.350 e. The van der Waals surface area contributed by atoms with Crippen molar-refractivity contribution in [3.63, 3.8) is 0 Å². The number of aliphatic carboxylic acids is 1. The van der Waals surface area contributed by atoms with E-state index in [2.05, 4.69) is 5.32 Å². The predicted octanol–water partition coefficient (Wildman–Crippen LogP) is 1.56. The Bertz CT molecular complexity index is 376. The monoisotopic (exact) mass is 237 g/mol. The van der Waals surface area contributed by atoms with Gasteiger partial charge in [0.25, 0.3) is 0 Å². The maximum absolute atomic E-state index is 10.8. The minimum absolute atomic E-state index is 0.113. The van der Waals surface area contributed by atoms with Crippen LogP contribution in [0.4, 0.5) is 0 Å². The Morgan fingerprint density at radius 2 is 1.82 bits per heavy atom. The molecular formula is C13H19NO3. The Morgan fingerprint density at radius 1 is 1.29 bits per heavy atom. The van der Waals surface area contributed by atoms with Gasteiger partial charge in [0, 0.05) is 6.04 Å². The molecule has 94 valence electrons. The standard InChI is InChI=1S/C13H19NO3/c1-9(11-7-5-4-6-8-11)10(2)14-13(3,17)12(15)16/h4-10,14,17H,1-3H3,(H,15,16). The molecule has 0 saturated carbocycles. The van der Waals surface area contributed by atoms with Crippen molar-refractivity contribution >= 4 is 5.97 Å². The molecule has 0 amide bonds. The van der Waals surface area contributed by atoms with Crippen LogP contribution in [0.3, 0.4) is 0 Å². The van der Waals surface area contributed by atoms with Gasteiger partial charge in [0.2, 0.25) is 5.72 Å². The number of carbonyl (C=O) groups is 1. The zero-order valence-electron chi connectivity index (χ0n) is 10.3. The van der Waals surface area contributed by atoms with Crippen LogP contribution in [0.25, 0.3) is 0 Å².